The molecule has 2 aromatic rings. The number of aromatic nitrogens is 4. The van der Waals surface area contributed by atoms with E-state index >= 15 is 0 Å². The molecule has 0 radical (unpaired) electrons. The minimum absolute atomic E-state index is 0.0154. The molecule has 0 saturated carbocycles. The first kappa shape index (κ1) is 14.4. The molecule has 0 aliphatic rings. The molecule has 0 spiro atoms. The monoisotopic (exact) mass is 300 g/mol. The van der Waals surface area contributed by atoms with Crippen LogP contribution in [0, 0.1) is 0 Å². The Morgan fingerprint density at radius 3 is 2.90 bits per heavy atom. The van der Waals surface area contributed by atoms with Crippen molar-refractivity contribution in [2.45, 2.75) is 6.54 Å². The lowest BCUT2D eigenvalue weighted by atomic mass is 10.5. The summed E-state index contributed by atoms with van der Waals surface area (Å²) in [7, 11) is -2.34. The summed E-state index contributed by atoms with van der Waals surface area (Å²) in [5, 5.41) is 0. The van der Waals surface area contributed by atoms with Gasteiger partial charge in [0.1, 0.15) is 0 Å². The minimum atomic E-state index is -4.04. The molecule has 9 nitrogen and oxygen atoms in total. The lowest BCUT2D eigenvalue weighted by Gasteiger charge is -1.96. The van der Waals surface area contributed by atoms with Crippen LogP contribution in [0.2, 0.25) is 0 Å². The van der Waals surface area contributed by atoms with Crippen molar-refractivity contribution in [2.24, 2.45) is 7.05 Å². The summed E-state index contributed by atoms with van der Waals surface area (Å²) in [6, 6.07) is 0. The first-order valence-electron chi connectivity index (χ1n) is 5.72. The lowest BCUT2D eigenvalue weighted by molar-refractivity contribution is -0.663. The maximum absolute atomic E-state index is 11.8. The zero-order valence-corrected chi connectivity index (χ0v) is 11.6. The van der Waals surface area contributed by atoms with Gasteiger partial charge >= 0.3 is 13.2 Å². The van der Waals surface area contributed by atoms with Crippen LogP contribution >= 0.6 is 7.60 Å². The van der Waals surface area contributed by atoms with Crippen molar-refractivity contribution >= 4 is 24.7 Å². The summed E-state index contributed by atoms with van der Waals surface area (Å²) in [4.78, 5) is 35.7. The van der Waals surface area contributed by atoms with E-state index in [-0.39, 0.29) is 17.7 Å². The topological polar surface area (TPSA) is 138 Å². The molecular formula is C10H15N5O4P+. The Kier molecular flexibility index (Phi) is 3.76. The van der Waals surface area contributed by atoms with Crippen molar-refractivity contribution in [2.75, 3.05) is 11.9 Å². The molecule has 108 valence electrons. The Hall–Kier alpha value is -1.96. The Bertz CT molecular complexity index is 772. The van der Waals surface area contributed by atoms with Crippen molar-refractivity contribution in [3.05, 3.63) is 28.8 Å². The summed E-state index contributed by atoms with van der Waals surface area (Å²) in [5.41, 5.74) is 5.95. The molecule has 0 fully saturated rings. The number of nitrogens with two attached hydrogens (primary N) is 1. The predicted molar refractivity (Wildman–Crippen MR) is 72.0 cm³/mol. The summed E-state index contributed by atoms with van der Waals surface area (Å²) < 4.78 is 14.0. The first-order valence-corrected chi connectivity index (χ1v) is 7.51. The van der Waals surface area contributed by atoms with Gasteiger partial charge in [0.15, 0.2) is 6.33 Å². The fraction of sp³-hybridized carbons (Fsp3) is 0.300. The molecule has 2 rings (SSSR count). The van der Waals surface area contributed by atoms with Gasteiger partial charge in [0.25, 0.3) is 11.5 Å². The lowest BCUT2D eigenvalue weighted by Crippen LogP contribution is -2.32. The maximum atomic E-state index is 11.8. The molecule has 0 amide bonds. The number of rotatable bonds is 4. The van der Waals surface area contributed by atoms with Crippen LogP contribution in [-0.4, -0.2) is 30.5 Å². The number of nitrogens with one attached hydrogen (secondary N) is 1. The van der Waals surface area contributed by atoms with Crippen LogP contribution in [0.1, 0.15) is 0 Å². The number of imidazole rings is 1. The van der Waals surface area contributed by atoms with Crippen LogP contribution in [0.3, 0.4) is 0 Å². The van der Waals surface area contributed by atoms with Crippen LogP contribution in [0.15, 0.2) is 23.3 Å². The van der Waals surface area contributed by atoms with E-state index in [4.69, 9.17) is 15.5 Å². The third-order valence-corrected chi connectivity index (χ3v) is 3.33. The summed E-state index contributed by atoms with van der Waals surface area (Å²) in [5.74, 6) is 0.0154. The molecular weight excluding hydrogens is 285 g/mol. The largest absolute Gasteiger partial charge is 0.355 e. The first-order chi connectivity index (χ1) is 9.28. The van der Waals surface area contributed by atoms with E-state index in [0.717, 1.165) is 0 Å². The van der Waals surface area contributed by atoms with E-state index < -0.39 is 7.60 Å². The highest BCUT2D eigenvalue weighted by molar-refractivity contribution is 7.51. The molecule has 0 bridgehead atoms. The number of aryl methyl sites for hydroxylation is 1. The number of hydrogen-bond donors (Lipinski definition) is 4. The van der Waals surface area contributed by atoms with E-state index in [1.807, 2.05) is 0 Å². The van der Waals surface area contributed by atoms with Crippen LogP contribution < -0.4 is 15.9 Å². The molecule has 2 aromatic heterocycles. The number of H-pyrrole nitrogens is 1. The van der Waals surface area contributed by atoms with Gasteiger partial charge in [-0.05, 0) is 0 Å². The minimum Gasteiger partial charge on any atom is -0.355 e. The highest BCUT2D eigenvalue weighted by atomic mass is 31.2. The van der Waals surface area contributed by atoms with E-state index in [0.29, 0.717) is 17.7 Å². The second-order valence-corrected chi connectivity index (χ2v) is 6.02. The molecule has 0 unspecified atom stereocenters. The van der Waals surface area contributed by atoms with Crippen molar-refractivity contribution < 1.29 is 18.9 Å². The van der Waals surface area contributed by atoms with Crippen LogP contribution in [0.25, 0.3) is 11.2 Å². The van der Waals surface area contributed by atoms with Gasteiger partial charge < -0.3 is 15.5 Å². The molecule has 10 heteroatoms. The Labute approximate surface area is 113 Å². The van der Waals surface area contributed by atoms with Gasteiger partial charge in [-0.1, -0.05) is 17.1 Å². The van der Waals surface area contributed by atoms with Gasteiger partial charge in [-0.15, -0.1) is 0 Å². The number of anilines is 1. The van der Waals surface area contributed by atoms with Crippen molar-refractivity contribution in [3.8, 4) is 0 Å². The zero-order chi connectivity index (χ0) is 14.9. The zero-order valence-electron chi connectivity index (χ0n) is 10.7. The highest BCUT2D eigenvalue weighted by Crippen LogP contribution is 2.33. The van der Waals surface area contributed by atoms with Crippen LogP contribution in [0.5, 0.6) is 0 Å². The average Bonchev–Trinajstić information content (AvgIpc) is 2.60. The molecule has 0 aromatic carbocycles. The number of nitrogen functional groups attached to an aromatic ring is 1. The fourth-order valence-electron chi connectivity index (χ4n) is 1.85. The molecule has 20 heavy (non-hydrogen) atoms. The number of nitrogens with zero attached hydrogens (tertiary/aromatic N) is 3. The molecule has 0 saturated heterocycles. The molecule has 0 atom stereocenters. The molecule has 0 aliphatic carbocycles. The number of hydrogen-bond acceptors (Lipinski definition) is 4. The van der Waals surface area contributed by atoms with Crippen molar-refractivity contribution in [1.29, 1.82) is 0 Å². The Balaban J connectivity index is 2.32. The third kappa shape index (κ3) is 3.13. The Morgan fingerprint density at radius 1 is 1.55 bits per heavy atom. The van der Waals surface area contributed by atoms with Gasteiger partial charge in [-0.3, -0.25) is 18.9 Å². The standard InChI is InChI=1S/C10H14N5O4P/c1-14-6-15(4-2-3-5-20(17,18)19)8-7(14)9(16)13-10(11)12-8/h2-3,6H,4-5H2,1H3,(H4-,11,12,13,16,17,18,19)/p+1/b3-2-. The van der Waals surface area contributed by atoms with Gasteiger partial charge in [-0.25, -0.2) is 4.57 Å². The van der Waals surface area contributed by atoms with E-state index in [2.05, 4.69) is 9.97 Å². The fourth-order valence-corrected chi connectivity index (χ4v) is 2.27. The molecule has 2 heterocycles. The summed E-state index contributed by atoms with van der Waals surface area (Å²) in [6.07, 6.45) is 4.32. The van der Waals surface area contributed by atoms with Crippen LogP contribution in [-0.2, 0) is 18.2 Å². The number of fused-ring (bicyclic) bond motifs is 1. The van der Waals surface area contributed by atoms with Gasteiger partial charge in [-0.2, -0.15) is 0 Å². The van der Waals surface area contributed by atoms with Gasteiger partial charge in [0.05, 0.1) is 19.8 Å². The van der Waals surface area contributed by atoms with Gasteiger partial charge in [0, 0.05) is 0 Å². The van der Waals surface area contributed by atoms with Crippen LogP contribution in [0.4, 0.5) is 5.95 Å². The van der Waals surface area contributed by atoms with E-state index in [9.17, 15) is 9.36 Å². The van der Waals surface area contributed by atoms with Gasteiger partial charge in [0.2, 0.25) is 5.52 Å². The Morgan fingerprint density at radius 2 is 2.25 bits per heavy atom. The number of allylic oxidation sites excluding steroid dienone is 2. The number of aromatic amines is 1. The quantitative estimate of drug-likeness (QED) is 0.320. The van der Waals surface area contributed by atoms with E-state index in [1.54, 1.807) is 28.6 Å². The van der Waals surface area contributed by atoms with Crippen molar-refractivity contribution in [3.63, 3.8) is 0 Å². The molecule has 0 aliphatic heterocycles. The molecule has 5 N–H and O–H groups in total. The SMILES string of the molecule is Cn1c[n+](C/C=C\CP(=O)(O)O)c2nc(N)[nH]c(=O)c21. The summed E-state index contributed by atoms with van der Waals surface area (Å²) in [6.45, 7) is 0.327. The summed E-state index contributed by atoms with van der Waals surface area (Å²) >= 11 is 0. The average molecular weight is 300 g/mol. The normalized spacial score (nSPS) is 12.6. The predicted octanol–water partition coefficient (Wildman–Crippen LogP) is -1.13. The van der Waals surface area contributed by atoms with E-state index in [1.165, 1.54) is 6.08 Å². The highest BCUT2D eigenvalue weighted by Gasteiger charge is 2.18. The maximum Gasteiger partial charge on any atom is 0.329 e. The second-order valence-electron chi connectivity index (χ2n) is 4.32. The second kappa shape index (κ2) is 5.20. The smallest absolute Gasteiger partial charge is 0.329 e. The third-order valence-electron chi connectivity index (χ3n) is 2.64. The van der Waals surface area contributed by atoms with Crippen molar-refractivity contribution in [1.82, 2.24) is 14.5 Å².